The monoisotopic (exact) mass is 196 g/mol. The van der Waals surface area contributed by atoms with Crippen molar-refractivity contribution in [2.24, 2.45) is 5.18 Å². The van der Waals surface area contributed by atoms with Gasteiger partial charge in [-0.1, -0.05) is 30.3 Å². The summed E-state index contributed by atoms with van der Waals surface area (Å²) in [5, 5.41) is 13.7. The summed E-state index contributed by atoms with van der Waals surface area (Å²) in [6.45, 7) is 0. The Bertz CT molecular complexity index is 471. The minimum atomic E-state index is -0.0753. The second-order valence-electron chi connectivity index (χ2n) is 2.75. The molecule has 0 aliphatic carbocycles. The zero-order valence-electron chi connectivity index (χ0n) is 7.77. The molecule has 4 heteroatoms. The second-order valence-corrected chi connectivity index (χ2v) is 2.75. The molecule has 0 fully saturated rings. The molecular formula is C10H7NNaO2. The van der Waals surface area contributed by atoms with Gasteiger partial charge in [0.2, 0.25) is 0 Å². The molecule has 0 saturated heterocycles. The first kappa shape index (κ1) is 11.2. The summed E-state index contributed by atoms with van der Waals surface area (Å²) in [7, 11) is 0. The van der Waals surface area contributed by atoms with Crippen LogP contribution in [0.5, 0.6) is 5.75 Å². The first-order valence-corrected chi connectivity index (χ1v) is 3.87. The Hall–Kier alpha value is -0.900. The van der Waals surface area contributed by atoms with Gasteiger partial charge >= 0.3 is 0 Å². The molecule has 0 spiro atoms. The maximum atomic E-state index is 10.4. The molecule has 0 bridgehead atoms. The van der Waals surface area contributed by atoms with Crippen LogP contribution >= 0.6 is 0 Å². The second kappa shape index (κ2) is 4.55. The van der Waals surface area contributed by atoms with Crippen LogP contribution in [0.25, 0.3) is 10.8 Å². The molecule has 14 heavy (non-hydrogen) atoms. The van der Waals surface area contributed by atoms with Crippen LogP contribution in [-0.2, 0) is 0 Å². The van der Waals surface area contributed by atoms with Crippen molar-refractivity contribution < 1.29 is 5.11 Å². The van der Waals surface area contributed by atoms with Gasteiger partial charge in [0.25, 0.3) is 0 Å². The third-order valence-electron chi connectivity index (χ3n) is 1.97. The van der Waals surface area contributed by atoms with Crippen molar-refractivity contribution >= 4 is 46.0 Å². The molecule has 3 nitrogen and oxygen atoms in total. The van der Waals surface area contributed by atoms with E-state index in [0.29, 0.717) is 5.39 Å². The summed E-state index contributed by atoms with van der Waals surface area (Å²) in [6.07, 6.45) is 0. The van der Waals surface area contributed by atoms with Gasteiger partial charge in [-0.25, -0.2) is 0 Å². The van der Waals surface area contributed by atoms with Crippen LogP contribution in [-0.4, -0.2) is 34.7 Å². The van der Waals surface area contributed by atoms with Crippen molar-refractivity contribution in [1.29, 1.82) is 0 Å². The Labute approximate surface area is 103 Å². The van der Waals surface area contributed by atoms with Crippen LogP contribution in [0.2, 0.25) is 0 Å². The van der Waals surface area contributed by atoms with Gasteiger partial charge in [-0.3, -0.25) is 0 Å². The van der Waals surface area contributed by atoms with E-state index >= 15 is 0 Å². The normalized spacial score (nSPS) is 9.43. The van der Waals surface area contributed by atoms with Crippen LogP contribution in [0.1, 0.15) is 0 Å². The molecule has 0 aliphatic heterocycles. The fraction of sp³-hybridized carbons (Fsp3) is 0. The minimum Gasteiger partial charge on any atom is -0.506 e. The molecule has 0 atom stereocenters. The number of hydrogen-bond acceptors (Lipinski definition) is 3. The van der Waals surface area contributed by atoms with Crippen LogP contribution in [0.4, 0.5) is 5.69 Å². The molecule has 65 valence electrons. The molecule has 0 unspecified atom stereocenters. The molecule has 2 aromatic carbocycles. The van der Waals surface area contributed by atoms with Crippen molar-refractivity contribution in [3.63, 3.8) is 0 Å². The first-order valence-electron chi connectivity index (χ1n) is 3.87. The zero-order chi connectivity index (χ0) is 9.26. The van der Waals surface area contributed by atoms with E-state index in [0.717, 1.165) is 5.39 Å². The Morgan fingerprint density at radius 3 is 2.50 bits per heavy atom. The fourth-order valence-electron chi connectivity index (χ4n) is 1.34. The molecular weight excluding hydrogens is 189 g/mol. The van der Waals surface area contributed by atoms with E-state index in [1.54, 1.807) is 18.2 Å². The fourth-order valence-corrected chi connectivity index (χ4v) is 1.34. The third-order valence-corrected chi connectivity index (χ3v) is 1.97. The summed E-state index contributed by atoms with van der Waals surface area (Å²) in [6, 6.07) is 10.5. The van der Waals surface area contributed by atoms with E-state index in [9.17, 15) is 10.0 Å². The van der Waals surface area contributed by atoms with Gasteiger partial charge in [0.05, 0.1) is 0 Å². The van der Waals surface area contributed by atoms with E-state index in [2.05, 4.69) is 5.18 Å². The van der Waals surface area contributed by atoms with Crippen molar-refractivity contribution in [2.45, 2.75) is 0 Å². The number of nitrogens with zero attached hydrogens (tertiary/aromatic N) is 1. The average Bonchev–Trinajstić information content (AvgIpc) is 2.18. The number of benzene rings is 2. The predicted molar refractivity (Wildman–Crippen MR) is 56.8 cm³/mol. The first-order chi connectivity index (χ1) is 6.33. The maximum absolute atomic E-state index is 10.4. The van der Waals surface area contributed by atoms with E-state index in [4.69, 9.17) is 0 Å². The van der Waals surface area contributed by atoms with Gasteiger partial charge in [-0.15, -0.1) is 4.91 Å². The SMILES string of the molecule is O=Nc1c(O)ccc2ccccc12.[Na]. The topological polar surface area (TPSA) is 49.7 Å². The van der Waals surface area contributed by atoms with Gasteiger partial charge in [0.1, 0.15) is 5.75 Å². The molecule has 0 heterocycles. The van der Waals surface area contributed by atoms with Gasteiger partial charge in [0, 0.05) is 34.9 Å². The predicted octanol–water partition coefficient (Wildman–Crippen LogP) is 2.56. The minimum absolute atomic E-state index is 0. The van der Waals surface area contributed by atoms with E-state index < -0.39 is 0 Å². The summed E-state index contributed by atoms with van der Waals surface area (Å²) in [5.74, 6) is -0.0753. The Morgan fingerprint density at radius 1 is 1.07 bits per heavy atom. The quantitative estimate of drug-likeness (QED) is 0.562. The Morgan fingerprint density at radius 2 is 1.79 bits per heavy atom. The zero-order valence-corrected chi connectivity index (χ0v) is 9.77. The number of phenols is 1. The molecule has 0 saturated carbocycles. The Kier molecular flexibility index (Phi) is 3.63. The van der Waals surface area contributed by atoms with Gasteiger partial charge < -0.3 is 5.11 Å². The van der Waals surface area contributed by atoms with Crippen LogP contribution in [0.3, 0.4) is 0 Å². The maximum Gasteiger partial charge on any atom is 0.157 e. The summed E-state index contributed by atoms with van der Waals surface area (Å²) >= 11 is 0. The average molecular weight is 196 g/mol. The van der Waals surface area contributed by atoms with Crippen molar-refractivity contribution in [2.75, 3.05) is 0 Å². The van der Waals surface area contributed by atoms with Crippen LogP contribution in [0, 0.1) is 4.91 Å². The van der Waals surface area contributed by atoms with E-state index in [-0.39, 0.29) is 41.0 Å². The summed E-state index contributed by atoms with van der Waals surface area (Å²) in [4.78, 5) is 10.4. The molecule has 0 amide bonds. The molecule has 1 radical (unpaired) electrons. The summed E-state index contributed by atoms with van der Waals surface area (Å²) < 4.78 is 0. The number of phenolic OH excluding ortho intramolecular Hbond substituents is 1. The van der Waals surface area contributed by atoms with Gasteiger partial charge in [0.15, 0.2) is 5.69 Å². The van der Waals surface area contributed by atoms with Crippen molar-refractivity contribution in [3.05, 3.63) is 41.3 Å². The van der Waals surface area contributed by atoms with E-state index in [1.807, 2.05) is 12.1 Å². The molecule has 2 rings (SSSR count). The molecule has 1 N–H and O–H groups in total. The molecule has 0 aromatic heterocycles. The number of nitroso groups, excluding NO2 is 1. The van der Waals surface area contributed by atoms with Crippen molar-refractivity contribution in [3.8, 4) is 5.75 Å². The number of rotatable bonds is 1. The van der Waals surface area contributed by atoms with Crippen LogP contribution in [0.15, 0.2) is 41.6 Å². The van der Waals surface area contributed by atoms with E-state index in [1.165, 1.54) is 6.07 Å². The standard InChI is InChI=1S/C10H7NO2.Na/c12-9-6-5-7-3-1-2-4-8(7)10(9)11-13;/h1-6,12H;. The smallest absolute Gasteiger partial charge is 0.157 e. The summed E-state index contributed by atoms with van der Waals surface area (Å²) in [5.41, 5.74) is 0.109. The van der Waals surface area contributed by atoms with Gasteiger partial charge in [-0.05, 0) is 16.6 Å². The largest absolute Gasteiger partial charge is 0.506 e. The molecule has 2 aromatic rings. The Balaban J connectivity index is 0.000000980. The number of aromatic hydroxyl groups is 1. The molecule has 0 aliphatic rings. The van der Waals surface area contributed by atoms with Crippen LogP contribution < -0.4 is 0 Å². The van der Waals surface area contributed by atoms with Gasteiger partial charge in [-0.2, -0.15) is 0 Å². The number of fused-ring (bicyclic) bond motifs is 1. The number of hydrogen-bond donors (Lipinski definition) is 1. The van der Waals surface area contributed by atoms with Crippen molar-refractivity contribution in [1.82, 2.24) is 0 Å². The third kappa shape index (κ3) is 1.80.